The van der Waals surface area contributed by atoms with Gasteiger partial charge in [-0.1, -0.05) is 24.3 Å². The number of benzene rings is 2. The largest absolute Gasteiger partial charge is 0.289 e. The zero-order valence-corrected chi connectivity index (χ0v) is 12.3. The Labute approximate surface area is 115 Å². The van der Waals surface area contributed by atoms with Gasteiger partial charge >= 0.3 is 0 Å². The lowest BCUT2D eigenvalue weighted by molar-refractivity contribution is 0.103. The molecule has 0 aliphatic heterocycles. The van der Waals surface area contributed by atoms with Crippen molar-refractivity contribution in [3.63, 3.8) is 0 Å². The second-order valence-corrected chi connectivity index (χ2v) is 5.26. The summed E-state index contributed by atoms with van der Waals surface area (Å²) < 4.78 is 0. The molecule has 0 atom stereocenters. The van der Waals surface area contributed by atoms with Crippen LogP contribution in [-0.4, -0.2) is 5.78 Å². The number of rotatable bonds is 2. The smallest absolute Gasteiger partial charge is 0.193 e. The lowest BCUT2D eigenvalue weighted by Crippen LogP contribution is -2.08. The highest BCUT2D eigenvalue weighted by atomic mass is 16.1. The van der Waals surface area contributed by atoms with Gasteiger partial charge in [-0.3, -0.25) is 4.79 Å². The van der Waals surface area contributed by atoms with E-state index >= 15 is 0 Å². The number of carbonyl (C=O) groups is 1. The monoisotopic (exact) mass is 252 g/mol. The van der Waals surface area contributed by atoms with Gasteiger partial charge in [-0.15, -0.1) is 0 Å². The van der Waals surface area contributed by atoms with Crippen LogP contribution >= 0.6 is 0 Å². The maximum absolute atomic E-state index is 12.7. The minimum absolute atomic E-state index is 0.127. The topological polar surface area (TPSA) is 17.1 Å². The van der Waals surface area contributed by atoms with E-state index in [4.69, 9.17) is 0 Å². The van der Waals surface area contributed by atoms with Crippen LogP contribution in [0.1, 0.15) is 43.7 Å². The van der Waals surface area contributed by atoms with Crippen molar-refractivity contribution < 1.29 is 4.79 Å². The Balaban J connectivity index is 2.61. The Morgan fingerprint density at radius 2 is 1.37 bits per heavy atom. The minimum atomic E-state index is 0.127. The fourth-order valence-electron chi connectivity index (χ4n) is 2.42. The van der Waals surface area contributed by atoms with Crippen molar-refractivity contribution >= 4 is 5.78 Å². The van der Waals surface area contributed by atoms with E-state index in [2.05, 4.69) is 20.8 Å². The Bertz CT molecular complexity index is 651. The average molecular weight is 252 g/mol. The number of ketones is 1. The maximum atomic E-state index is 12.7. The molecule has 1 nitrogen and oxygen atoms in total. The molecule has 0 aliphatic carbocycles. The molecular formula is C18H20O. The Morgan fingerprint density at radius 3 is 2.00 bits per heavy atom. The molecule has 0 amide bonds. The molecule has 2 aromatic rings. The molecule has 0 fully saturated rings. The lowest BCUT2D eigenvalue weighted by atomic mass is 9.89. The van der Waals surface area contributed by atoms with Crippen LogP contribution in [0.2, 0.25) is 0 Å². The molecule has 0 aliphatic rings. The van der Waals surface area contributed by atoms with E-state index < -0.39 is 0 Å². The van der Waals surface area contributed by atoms with Crippen LogP contribution in [0.25, 0.3) is 0 Å². The molecule has 0 unspecified atom stereocenters. The molecule has 0 radical (unpaired) electrons. The van der Waals surface area contributed by atoms with Gasteiger partial charge < -0.3 is 0 Å². The van der Waals surface area contributed by atoms with E-state index in [1.807, 2.05) is 44.2 Å². The summed E-state index contributed by atoms with van der Waals surface area (Å²) in [4.78, 5) is 12.7. The van der Waals surface area contributed by atoms with Gasteiger partial charge in [0.1, 0.15) is 0 Å². The molecule has 0 N–H and O–H groups in total. The molecule has 1 heteroatoms. The summed E-state index contributed by atoms with van der Waals surface area (Å²) in [6.45, 7) is 10.3. The quantitative estimate of drug-likeness (QED) is 0.721. The highest BCUT2D eigenvalue weighted by Crippen LogP contribution is 2.24. The molecular weight excluding hydrogens is 232 g/mol. The van der Waals surface area contributed by atoms with Gasteiger partial charge in [0.2, 0.25) is 0 Å². The molecule has 2 aromatic carbocycles. The van der Waals surface area contributed by atoms with Crippen LogP contribution in [0, 0.1) is 34.6 Å². The van der Waals surface area contributed by atoms with Crippen molar-refractivity contribution in [2.45, 2.75) is 34.6 Å². The fraction of sp³-hybridized carbons (Fsp3) is 0.278. The predicted octanol–water partition coefficient (Wildman–Crippen LogP) is 4.46. The highest BCUT2D eigenvalue weighted by Gasteiger charge is 2.16. The van der Waals surface area contributed by atoms with Crippen molar-refractivity contribution in [1.82, 2.24) is 0 Å². The van der Waals surface area contributed by atoms with Crippen molar-refractivity contribution in [2.24, 2.45) is 0 Å². The van der Waals surface area contributed by atoms with Crippen LogP contribution < -0.4 is 0 Å². The van der Waals surface area contributed by atoms with E-state index in [-0.39, 0.29) is 5.78 Å². The zero-order valence-electron chi connectivity index (χ0n) is 12.3. The second kappa shape index (κ2) is 5.00. The van der Waals surface area contributed by atoms with E-state index in [0.29, 0.717) is 0 Å². The number of hydrogen-bond donors (Lipinski definition) is 0. The number of carbonyl (C=O) groups excluding carboxylic acids is 1. The lowest BCUT2D eigenvalue weighted by Gasteiger charge is -2.14. The van der Waals surface area contributed by atoms with E-state index in [1.54, 1.807) is 0 Å². The summed E-state index contributed by atoms with van der Waals surface area (Å²) in [6.07, 6.45) is 0. The molecule has 0 saturated heterocycles. The van der Waals surface area contributed by atoms with E-state index in [0.717, 1.165) is 22.3 Å². The number of hydrogen-bond acceptors (Lipinski definition) is 1. The van der Waals surface area contributed by atoms with Crippen LogP contribution in [0.15, 0.2) is 30.3 Å². The molecule has 0 bridgehead atoms. The molecule has 0 aromatic heterocycles. The SMILES string of the molecule is Cc1ccccc1C(=O)c1cc(C)c(C)c(C)c1C. The average Bonchev–Trinajstić information content (AvgIpc) is 2.40. The first kappa shape index (κ1) is 13.5. The van der Waals surface area contributed by atoms with Crippen LogP contribution in [0.5, 0.6) is 0 Å². The van der Waals surface area contributed by atoms with Gasteiger partial charge in [0, 0.05) is 11.1 Å². The van der Waals surface area contributed by atoms with Gasteiger partial charge in [0.05, 0.1) is 0 Å². The van der Waals surface area contributed by atoms with Gasteiger partial charge in [-0.2, -0.15) is 0 Å². The Morgan fingerprint density at radius 1 is 0.737 bits per heavy atom. The van der Waals surface area contributed by atoms with E-state index in [9.17, 15) is 4.79 Å². The van der Waals surface area contributed by atoms with Gasteiger partial charge in [-0.05, 0) is 68.5 Å². The van der Waals surface area contributed by atoms with Crippen molar-refractivity contribution in [1.29, 1.82) is 0 Å². The van der Waals surface area contributed by atoms with E-state index in [1.165, 1.54) is 16.7 Å². The summed E-state index contributed by atoms with van der Waals surface area (Å²) in [5, 5.41) is 0. The predicted molar refractivity (Wildman–Crippen MR) is 80.0 cm³/mol. The zero-order chi connectivity index (χ0) is 14.2. The van der Waals surface area contributed by atoms with Crippen LogP contribution in [-0.2, 0) is 0 Å². The first-order chi connectivity index (χ1) is 8.93. The third-order valence-electron chi connectivity index (χ3n) is 4.12. The molecule has 0 spiro atoms. The Kier molecular flexibility index (Phi) is 3.57. The summed E-state index contributed by atoms with van der Waals surface area (Å²) >= 11 is 0. The fourth-order valence-corrected chi connectivity index (χ4v) is 2.42. The van der Waals surface area contributed by atoms with Crippen LogP contribution in [0.4, 0.5) is 0 Å². The molecule has 0 saturated carbocycles. The highest BCUT2D eigenvalue weighted by molar-refractivity contribution is 6.11. The number of aryl methyl sites for hydroxylation is 2. The van der Waals surface area contributed by atoms with Gasteiger partial charge in [0.25, 0.3) is 0 Å². The second-order valence-electron chi connectivity index (χ2n) is 5.26. The van der Waals surface area contributed by atoms with Gasteiger partial charge in [-0.25, -0.2) is 0 Å². The molecule has 0 heterocycles. The molecule has 2 rings (SSSR count). The normalized spacial score (nSPS) is 10.6. The first-order valence-corrected chi connectivity index (χ1v) is 6.61. The third-order valence-corrected chi connectivity index (χ3v) is 4.12. The van der Waals surface area contributed by atoms with Crippen molar-refractivity contribution in [3.05, 3.63) is 69.3 Å². The summed E-state index contributed by atoms with van der Waals surface area (Å²) in [5.41, 5.74) is 7.43. The summed E-state index contributed by atoms with van der Waals surface area (Å²) in [6, 6.07) is 9.79. The standard InChI is InChI=1S/C18H20O/c1-11-8-6-7-9-16(11)18(19)17-10-12(2)13(3)14(4)15(17)5/h6-10H,1-5H3. The summed E-state index contributed by atoms with van der Waals surface area (Å²) in [5.74, 6) is 0.127. The first-order valence-electron chi connectivity index (χ1n) is 6.61. The minimum Gasteiger partial charge on any atom is -0.289 e. The maximum Gasteiger partial charge on any atom is 0.193 e. The Hall–Kier alpha value is -1.89. The van der Waals surface area contributed by atoms with Crippen molar-refractivity contribution in [2.75, 3.05) is 0 Å². The summed E-state index contributed by atoms with van der Waals surface area (Å²) in [7, 11) is 0. The molecule has 98 valence electrons. The van der Waals surface area contributed by atoms with Crippen molar-refractivity contribution in [3.8, 4) is 0 Å². The third kappa shape index (κ3) is 2.33. The van der Waals surface area contributed by atoms with Crippen LogP contribution in [0.3, 0.4) is 0 Å². The van der Waals surface area contributed by atoms with Gasteiger partial charge in [0.15, 0.2) is 5.78 Å². The molecule has 19 heavy (non-hydrogen) atoms.